The second-order valence-corrected chi connectivity index (χ2v) is 10.1. The fourth-order valence-electron chi connectivity index (χ4n) is 4.35. The van der Waals surface area contributed by atoms with E-state index in [0.717, 1.165) is 6.20 Å². The van der Waals surface area contributed by atoms with Crippen molar-refractivity contribution >= 4 is 35.0 Å². The first-order valence-electron chi connectivity index (χ1n) is 12.7. The first-order chi connectivity index (χ1) is 19.8. The minimum absolute atomic E-state index is 0.154. The summed E-state index contributed by atoms with van der Waals surface area (Å²) in [6, 6.07) is 13.2. The van der Waals surface area contributed by atoms with Crippen molar-refractivity contribution in [2.75, 3.05) is 13.2 Å². The Kier molecular flexibility index (Phi) is 8.27. The normalized spacial score (nSPS) is 14.9. The lowest BCUT2D eigenvalue weighted by molar-refractivity contribution is -0.139. The van der Waals surface area contributed by atoms with Crippen LogP contribution in [0.5, 0.6) is 17.4 Å². The molecule has 3 heterocycles. The molecule has 0 unspecified atom stereocenters. The number of fused-ring (bicyclic) bond motifs is 1. The number of nitrogens with zero attached hydrogens (tertiary/aromatic N) is 4. The Morgan fingerprint density at radius 3 is 2.66 bits per heavy atom. The van der Waals surface area contributed by atoms with Crippen molar-refractivity contribution in [3.63, 3.8) is 0 Å². The smallest absolute Gasteiger partial charge is 0.338 e. The number of thiazole rings is 1. The summed E-state index contributed by atoms with van der Waals surface area (Å²) in [6.45, 7) is 6.03. The molecule has 210 valence electrons. The first-order valence-corrected chi connectivity index (χ1v) is 13.9. The highest BCUT2D eigenvalue weighted by molar-refractivity contribution is 7.07. The van der Waals surface area contributed by atoms with Gasteiger partial charge in [0.15, 0.2) is 4.80 Å². The zero-order valence-corrected chi connectivity index (χ0v) is 23.8. The summed E-state index contributed by atoms with van der Waals surface area (Å²) in [5.74, 6) is -0.668. The van der Waals surface area contributed by atoms with Crippen LogP contribution in [0.4, 0.5) is 4.39 Å². The summed E-state index contributed by atoms with van der Waals surface area (Å²) < 4.78 is 32.4. The Morgan fingerprint density at radius 1 is 1.15 bits per heavy atom. The molecule has 9 nitrogen and oxygen atoms in total. The molecule has 1 aliphatic rings. The van der Waals surface area contributed by atoms with E-state index in [4.69, 9.17) is 25.8 Å². The standard InChI is InChI=1S/C29H24ClFN4O5S/c1-4-38-19-11-9-18(10-12-19)24-23(27(37)39-5-2)16(3)33-29-35(24)26(36)22(41-29)14-17-7-6-8-20(13-17)40-25-21(31)15-32-28(30)34-25/h6-15,24H,4-5H2,1-3H3/b22-14-/t24-/m0/s1. The van der Waals surface area contributed by atoms with Gasteiger partial charge in [0.1, 0.15) is 11.5 Å². The highest BCUT2D eigenvalue weighted by atomic mass is 35.5. The van der Waals surface area contributed by atoms with Crippen molar-refractivity contribution in [1.29, 1.82) is 0 Å². The molecule has 2 aromatic carbocycles. The molecule has 0 saturated heterocycles. The molecule has 2 aromatic heterocycles. The average Bonchev–Trinajstić information content (AvgIpc) is 3.25. The quantitative estimate of drug-likeness (QED) is 0.217. The fourth-order valence-corrected chi connectivity index (χ4v) is 5.53. The molecular formula is C29H24ClFN4O5S. The summed E-state index contributed by atoms with van der Waals surface area (Å²) in [5, 5.41) is -0.154. The summed E-state index contributed by atoms with van der Waals surface area (Å²) in [5.41, 5.74) is 1.75. The molecule has 0 saturated carbocycles. The predicted octanol–water partition coefficient (Wildman–Crippen LogP) is 4.57. The molecular weight excluding hydrogens is 571 g/mol. The molecule has 41 heavy (non-hydrogen) atoms. The third-order valence-electron chi connectivity index (χ3n) is 6.08. The molecule has 0 fully saturated rings. The molecule has 0 bridgehead atoms. The number of benzene rings is 2. The summed E-state index contributed by atoms with van der Waals surface area (Å²) in [6.07, 6.45) is 2.60. The average molecular weight is 595 g/mol. The number of ether oxygens (including phenoxy) is 3. The van der Waals surface area contributed by atoms with Crippen LogP contribution >= 0.6 is 22.9 Å². The summed E-state index contributed by atoms with van der Waals surface area (Å²) in [7, 11) is 0. The van der Waals surface area contributed by atoms with Gasteiger partial charge in [-0.3, -0.25) is 9.36 Å². The Hall–Kier alpha value is -4.35. The predicted molar refractivity (Wildman–Crippen MR) is 152 cm³/mol. The molecule has 0 amide bonds. The monoisotopic (exact) mass is 594 g/mol. The van der Waals surface area contributed by atoms with Crippen LogP contribution in [-0.2, 0) is 9.53 Å². The van der Waals surface area contributed by atoms with Crippen LogP contribution in [0.25, 0.3) is 6.08 Å². The van der Waals surface area contributed by atoms with E-state index in [1.165, 1.54) is 15.9 Å². The highest BCUT2D eigenvalue weighted by Crippen LogP contribution is 2.32. The van der Waals surface area contributed by atoms with Crippen LogP contribution in [0.3, 0.4) is 0 Å². The van der Waals surface area contributed by atoms with Crippen molar-refractivity contribution in [1.82, 2.24) is 14.5 Å². The van der Waals surface area contributed by atoms with Gasteiger partial charge in [-0.15, -0.1) is 0 Å². The highest BCUT2D eigenvalue weighted by Gasteiger charge is 2.33. The van der Waals surface area contributed by atoms with Gasteiger partial charge in [-0.25, -0.2) is 14.8 Å². The number of aromatic nitrogens is 3. The van der Waals surface area contributed by atoms with E-state index in [0.29, 0.717) is 38.5 Å². The topological polar surface area (TPSA) is 105 Å². The van der Waals surface area contributed by atoms with Gasteiger partial charge < -0.3 is 14.2 Å². The van der Waals surface area contributed by atoms with E-state index in [2.05, 4.69) is 15.0 Å². The number of allylic oxidation sites excluding steroid dienone is 1. The molecule has 0 radical (unpaired) electrons. The summed E-state index contributed by atoms with van der Waals surface area (Å²) in [4.78, 5) is 39.3. The molecule has 0 aliphatic carbocycles. The molecule has 1 atom stereocenters. The van der Waals surface area contributed by atoms with Gasteiger partial charge in [-0.05, 0) is 73.8 Å². The molecule has 4 aromatic rings. The van der Waals surface area contributed by atoms with Gasteiger partial charge in [0.05, 0.1) is 41.3 Å². The number of halogens is 2. The Bertz CT molecular complexity index is 1840. The van der Waals surface area contributed by atoms with E-state index in [-0.39, 0.29) is 34.7 Å². The van der Waals surface area contributed by atoms with Crippen LogP contribution in [0.15, 0.2) is 75.8 Å². The zero-order chi connectivity index (χ0) is 29.1. The van der Waals surface area contributed by atoms with Crippen LogP contribution in [-0.4, -0.2) is 33.7 Å². The minimum Gasteiger partial charge on any atom is -0.494 e. The van der Waals surface area contributed by atoms with Gasteiger partial charge in [0, 0.05) is 0 Å². The summed E-state index contributed by atoms with van der Waals surface area (Å²) >= 11 is 6.96. The lowest BCUT2D eigenvalue weighted by Crippen LogP contribution is -2.39. The molecule has 0 N–H and O–H groups in total. The van der Waals surface area contributed by atoms with Gasteiger partial charge in [0.2, 0.25) is 11.1 Å². The largest absolute Gasteiger partial charge is 0.494 e. The van der Waals surface area contributed by atoms with Gasteiger partial charge >= 0.3 is 5.97 Å². The third-order valence-corrected chi connectivity index (χ3v) is 7.24. The fraction of sp³-hybridized carbons (Fsp3) is 0.207. The van der Waals surface area contributed by atoms with Crippen LogP contribution < -0.4 is 24.4 Å². The van der Waals surface area contributed by atoms with Crippen molar-refractivity contribution in [2.45, 2.75) is 26.8 Å². The zero-order valence-electron chi connectivity index (χ0n) is 22.3. The van der Waals surface area contributed by atoms with Crippen molar-refractivity contribution < 1.29 is 23.4 Å². The lowest BCUT2D eigenvalue weighted by atomic mass is 9.96. The first kappa shape index (κ1) is 28.2. The number of hydrogen-bond acceptors (Lipinski definition) is 9. The number of esters is 1. The number of rotatable bonds is 8. The van der Waals surface area contributed by atoms with Crippen molar-refractivity contribution in [3.05, 3.63) is 108 Å². The molecule has 0 spiro atoms. The van der Waals surface area contributed by atoms with Crippen LogP contribution in [0, 0.1) is 5.82 Å². The van der Waals surface area contributed by atoms with Gasteiger partial charge in [0.25, 0.3) is 11.4 Å². The molecule has 5 rings (SSSR count). The van der Waals surface area contributed by atoms with Gasteiger partial charge in [-0.1, -0.05) is 35.6 Å². The minimum atomic E-state index is -0.768. The maximum absolute atomic E-state index is 14.1. The lowest BCUT2D eigenvalue weighted by Gasteiger charge is -2.24. The maximum atomic E-state index is 14.1. The van der Waals surface area contributed by atoms with Crippen LogP contribution in [0.1, 0.15) is 37.9 Å². The van der Waals surface area contributed by atoms with Crippen molar-refractivity contribution in [3.8, 4) is 17.4 Å². The Labute approximate surface area is 242 Å². The van der Waals surface area contributed by atoms with E-state index in [1.54, 1.807) is 56.3 Å². The number of hydrogen-bond donors (Lipinski definition) is 0. The van der Waals surface area contributed by atoms with E-state index in [1.807, 2.05) is 19.1 Å². The molecule has 12 heteroatoms. The Balaban J connectivity index is 1.59. The SMILES string of the molecule is CCOC(=O)C1=C(C)N=c2s/c(=C\c3cccc(Oc4nc(Cl)ncc4F)c3)c(=O)n2[C@H]1c1ccc(OCC)cc1. The number of carbonyl (C=O) groups excluding carboxylic acids is 1. The maximum Gasteiger partial charge on any atom is 0.338 e. The van der Waals surface area contributed by atoms with E-state index in [9.17, 15) is 14.0 Å². The van der Waals surface area contributed by atoms with Crippen molar-refractivity contribution in [2.24, 2.45) is 4.99 Å². The number of carbonyl (C=O) groups is 1. The van der Waals surface area contributed by atoms with E-state index < -0.39 is 17.8 Å². The third kappa shape index (κ3) is 5.91. The van der Waals surface area contributed by atoms with E-state index >= 15 is 0 Å². The van der Waals surface area contributed by atoms with Gasteiger partial charge in [-0.2, -0.15) is 9.37 Å². The Morgan fingerprint density at radius 2 is 1.93 bits per heavy atom. The second-order valence-electron chi connectivity index (χ2n) is 8.77. The second kappa shape index (κ2) is 12.0. The molecule has 1 aliphatic heterocycles. The van der Waals surface area contributed by atoms with Crippen LogP contribution in [0.2, 0.25) is 5.28 Å².